The number of hydrogen-bond acceptors (Lipinski definition) is 6. The van der Waals surface area contributed by atoms with Crippen LogP contribution in [0.3, 0.4) is 0 Å². The van der Waals surface area contributed by atoms with E-state index in [1.54, 1.807) is 22.9 Å². The Labute approximate surface area is 196 Å². The molecule has 0 spiro atoms. The molecular formula is C23H36N6O3S. The Morgan fingerprint density at radius 2 is 1.88 bits per heavy atom. The monoisotopic (exact) mass is 476 g/mol. The third kappa shape index (κ3) is 5.55. The Bertz CT molecular complexity index is 1060. The molecule has 4 rings (SSSR count). The van der Waals surface area contributed by atoms with Crippen LogP contribution in [0, 0.1) is 5.92 Å². The second kappa shape index (κ2) is 10.5. The van der Waals surface area contributed by atoms with Gasteiger partial charge in [-0.05, 0) is 70.8 Å². The van der Waals surface area contributed by atoms with E-state index >= 15 is 0 Å². The van der Waals surface area contributed by atoms with Crippen LogP contribution in [-0.2, 0) is 14.8 Å². The van der Waals surface area contributed by atoms with E-state index in [0.717, 1.165) is 25.2 Å². The molecule has 2 aliphatic rings. The number of amides is 1. The highest BCUT2D eigenvalue weighted by Crippen LogP contribution is 2.26. The van der Waals surface area contributed by atoms with Gasteiger partial charge in [-0.3, -0.25) is 4.79 Å². The number of carbonyl (C=O) groups excluding carboxylic acids is 1. The number of hydrogen-bond donors (Lipinski definition) is 1. The molecule has 33 heavy (non-hydrogen) atoms. The van der Waals surface area contributed by atoms with E-state index in [9.17, 15) is 13.2 Å². The van der Waals surface area contributed by atoms with Crippen LogP contribution < -0.4 is 5.32 Å². The first-order valence-corrected chi connectivity index (χ1v) is 13.7. The SMILES string of the molecule is CC(C)n1nnc2cc(S(=O)(=O)N3CCCC(C(=O)NCCN4CCCCCC4)C3)ccc21. The Morgan fingerprint density at radius 3 is 2.61 bits per heavy atom. The highest BCUT2D eigenvalue weighted by atomic mass is 32.2. The fraction of sp³-hybridized carbons (Fsp3) is 0.696. The van der Waals surface area contributed by atoms with Crippen LogP contribution in [0.2, 0.25) is 0 Å². The number of nitrogens with zero attached hydrogens (tertiary/aromatic N) is 5. The number of carbonyl (C=O) groups is 1. The molecule has 1 aromatic carbocycles. The van der Waals surface area contributed by atoms with Gasteiger partial charge in [0.05, 0.1) is 16.3 Å². The van der Waals surface area contributed by atoms with Crippen LogP contribution in [0.15, 0.2) is 23.1 Å². The maximum Gasteiger partial charge on any atom is 0.243 e. The van der Waals surface area contributed by atoms with Gasteiger partial charge in [-0.2, -0.15) is 4.31 Å². The van der Waals surface area contributed by atoms with Gasteiger partial charge in [0, 0.05) is 32.2 Å². The van der Waals surface area contributed by atoms with Crippen LogP contribution in [0.1, 0.15) is 58.4 Å². The Morgan fingerprint density at radius 1 is 1.12 bits per heavy atom. The second-order valence-electron chi connectivity index (χ2n) is 9.53. The molecule has 10 heteroatoms. The summed E-state index contributed by atoms with van der Waals surface area (Å²) in [5.74, 6) is -0.358. The standard InChI is InChI=1S/C23H36N6O3S/c1-18(2)29-22-10-9-20(16-21(22)25-26-29)33(31,32)28-14-7-8-19(17-28)23(30)24-11-15-27-12-5-3-4-6-13-27/h9-10,16,18-19H,3-8,11-15,17H2,1-2H3,(H,24,30). The zero-order valence-corrected chi connectivity index (χ0v) is 20.6. The number of sulfonamides is 1. The molecular weight excluding hydrogens is 440 g/mol. The van der Waals surface area contributed by atoms with Crippen molar-refractivity contribution < 1.29 is 13.2 Å². The first-order chi connectivity index (χ1) is 15.9. The van der Waals surface area contributed by atoms with Crippen molar-refractivity contribution in [2.24, 2.45) is 5.92 Å². The van der Waals surface area contributed by atoms with E-state index in [4.69, 9.17) is 0 Å². The van der Waals surface area contributed by atoms with Gasteiger partial charge < -0.3 is 10.2 Å². The minimum atomic E-state index is -3.70. The molecule has 2 saturated heterocycles. The molecule has 2 aliphatic heterocycles. The van der Waals surface area contributed by atoms with Gasteiger partial charge in [0.15, 0.2) is 0 Å². The van der Waals surface area contributed by atoms with Crippen molar-refractivity contribution in [3.05, 3.63) is 18.2 Å². The predicted octanol–water partition coefficient (Wildman–Crippen LogP) is 2.41. The topological polar surface area (TPSA) is 100 Å². The number of piperidine rings is 1. The molecule has 1 atom stereocenters. The summed E-state index contributed by atoms with van der Waals surface area (Å²) >= 11 is 0. The lowest BCUT2D eigenvalue weighted by Gasteiger charge is -2.31. The number of benzene rings is 1. The first kappa shape index (κ1) is 24.1. The molecule has 1 N–H and O–H groups in total. The van der Waals surface area contributed by atoms with E-state index in [1.165, 1.54) is 30.0 Å². The van der Waals surface area contributed by atoms with Gasteiger partial charge in [0.1, 0.15) is 5.52 Å². The summed E-state index contributed by atoms with van der Waals surface area (Å²) in [7, 11) is -3.70. The number of nitrogens with one attached hydrogen (secondary N) is 1. The van der Waals surface area contributed by atoms with Crippen molar-refractivity contribution in [3.8, 4) is 0 Å². The average molecular weight is 477 g/mol. The lowest BCUT2D eigenvalue weighted by molar-refractivity contribution is -0.126. The normalized spacial score (nSPS) is 21.4. The lowest BCUT2D eigenvalue weighted by atomic mass is 9.99. The van der Waals surface area contributed by atoms with Crippen molar-refractivity contribution in [3.63, 3.8) is 0 Å². The summed E-state index contributed by atoms with van der Waals surface area (Å²) < 4.78 is 29.9. The Hall–Kier alpha value is -2.04. The van der Waals surface area contributed by atoms with E-state index in [-0.39, 0.29) is 29.3 Å². The van der Waals surface area contributed by atoms with Gasteiger partial charge >= 0.3 is 0 Å². The van der Waals surface area contributed by atoms with Gasteiger partial charge in [0.2, 0.25) is 15.9 Å². The third-order valence-corrected chi connectivity index (χ3v) is 8.61. The predicted molar refractivity (Wildman–Crippen MR) is 127 cm³/mol. The Balaban J connectivity index is 1.37. The summed E-state index contributed by atoms with van der Waals surface area (Å²) in [5.41, 5.74) is 1.37. The highest BCUT2D eigenvalue weighted by molar-refractivity contribution is 7.89. The van der Waals surface area contributed by atoms with Crippen LogP contribution in [-0.4, -0.2) is 77.8 Å². The molecule has 0 saturated carbocycles. The number of aromatic nitrogens is 3. The van der Waals surface area contributed by atoms with Crippen molar-refractivity contribution in [1.82, 2.24) is 29.5 Å². The highest BCUT2D eigenvalue weighted by Gasteiger charge is 2.33. The maximum absolute atomic E-state index is 13.3. The summed E-state index contributed by atoms with van der Waals surface area (Å²) in [6, 6.07) is 5.10. The number of fused-ring (bicyclic) bond motifs is 1. The van der Waals surface area contributed by atoms with E-state index in [2.05, 4.69) is 20.5 Å². The molecule has 9 nitrogen and oxygen atoms in total. The van der Waals surface area contributed by atoms with E-state index < -0.39 is 10.0 Å². The molecule has 0 bridgehead atoms. The largest absolute Gasteiger partial charge is 0.355 e. The van der Waals surface area contributed by atoms with Gasteiger partial charge in [0.25, 0.3) is 0 Å². The maximum atomic E-state index is 13.3. The number of rotatable bonds is 7. The summed E-state index contributed by atoms with van der Waals surface area (Å²) in [6.07, 6.45) is 6.42. The molecule has 0 aliphatic carbocycles. The third-order valence-electron chi connectivity index (χ3n) is 6.75. The van der Waals surface area contributed by atoms with Crippen LogP contribution in [0.25, 0.3) is 11.0 Å². The van der Waals surface area contributed by atoms with Crippen LogP contribution in [0.4, 0.5) is 0 Å². The van der Waals surface area contributed by atoms with Crippen molar-refractivity contribution in [2.75, 3.05) is 39.3 Å². The zero-order chi connectivity index (χ0) is 23.4. The van der Waals surface area contributed by atoms with E-state index in [0.29, 0.717) is 31.4 Å². The fourth-order valence-electron chi connectivity index (χ4n) is 4.83. The summed E-state index contributed by atoms with van der Waals surface area (Å²) in [6.45, 7) is 8.32. The van der Waals surface area contributed by atoms with Crippen LogP contribution >= 0.6 is 0 Å². The van der Waals surface area contributed by atoms with Crippen molar-refractivity contribution in [1.29, 1.82) is 0 Å². The van der Waals surface area contributed by atoms with Crippen molar-refractivity contribution >= 4 is 27.0 Å². The number of likely N-dealkylation sites (tertiary alicyclic amines) is 1. The van der Waals surface area contributed by atoms with Crippen LogP contribution in [0.5, 0.6) is 0 Å². The van der Waals surface area contributed by atoms with Crippen molar-refractivity contribution in [2.45, 2.75) is 63.3 Å². The molecule has 0 radical (unpaired) electrons. The molecule has 182 valence electrons. The molecule has 1 amide bonds. The molecule has 1 unspecified atom stereocenters. The van der Waals surface area contributed by atoms with E-state index in [1.807, 2.05) is 13.8 Å². The summed E-state index contributed by atoms with van der Waals surface area (Å²) in [4.78, 5) is 15.4. The molecule has 1 aromatic heterocycles. The fourth-order valence-corrected chi connectivity index (χ4v) is 6.37. The van der Waals surface area contributed by atoms with Gasteiger partial charge in [-0.25, -0.2) is 13.1 Å². The second-order valence-corrected chi connectivity index (χ2v) is 11.5. The average Bonchev–Trinajstić information content (AvgIpc) is 3.07. The smallest absolute Gasteiger partial charge is 0.243 e. The minimum absolute atomic E-state index is 0.0416. The Kier molecular flexibility index (Phi) is 7.65. The minimum Gasteiger partial charge on any atom is -0.355 e. The quantitative estimate of drug-likeness (QED) is 0.659. The molecule has 2 aromatic rings. The summed E-state index contributed by atoms with van der Waals surface area (Å²) in [5, 5.41) is 11.3. The van der Waals surface area contributed by atoms with Gasteiger partial charge in [-0.1, -0.05) is 18.1 Å². The lowest BCUT2D eigenvalue weighted by Crippen LogP contribution is -2.46. The van der Waals surface area contributed by atoms with Gasteiger partial charge in [-0.15, -0.1) is 5.10 Å². The zero-order valence-electron chi connectivity index (χ0n) is 19.7. The first-order valence-electron chi connectivity index (χ1n) is 12.2. The molecule has 2 fully saturated rings. The molecule has 3 heterocycles.